The second-order valence-electron chi connectivity index (χ2n) is 6.81. The van der Waals surface area contributed by atoms with E-state index in [9.17, 15) is 9.59 Å². The quantitative estimate of drug-likeness (QED) is 0.486. The fourth-order valence-corrected chi connectivity index (χ4v) is 3.00. The molecule has 0 aliphatic carbocycles. The number of rotatable bonds is 6. The van der Waals surface area contributed by atoms with Crippen LogP contribution in [-0.4, -0.2) is 28.7 Å². The third-order valence-electron chi connectivity index (χ3n) is 4.73. The maximum absolute atomic E-state index is 12.2. The van der Waals surface area contributed by atoms with E-state index in [2.05, 4.69) is 15.5 Å². The average Bonchev–Trinajstić information content (AvgIpc) is 3.37. The van der Waals surface area contributed by atoms with Crippen molar-refractivity contribution in [3.63, 3.8) is 0 Å². The van der Waals surface area contributed by atoms with Crippen molar-refractivity contribution in [2.75, 3.05) is 11.9 Å². The van der Waals surface area contributed by atoms with Crippen molar-refractivity contribution in [3.05, 3.63) is 65.4 Å². The Hall–Kier alpha value is -3.94. The lowest BCUT2D eigenvalue weighted by molar-refractivity contribution is -0.146. The molecule has 0 fully saturated rings. The van der Waals surface area contributed by atoms with Crippen molar-refractivity contribution >= 4 is 28.9 Å². The molecule has 0 radical (unpaired) electrons. The van der Waals surface area contributed by atoms with Gasteiger partial charge in [-0.1, -0.05) is 35.4 Å². The number of benzene rings is 2. The van der Waals surface area contributed by atoms with Gasteiger partial charge in [-0.25, -0.2) is 0 Å². The Morgan fingerprint density at radius 2 is 1.87 bits per heavy atom. The number of amides is 1. The van der Waals surface area contributed by atoms with Crippen LogP contribution < -0.4 is 5.32 Å². The fraction of sp³-hybridized carbons (Fsp3) is 0.182. The molecular weight excluding hydrogens is 386 g/mol. The van der Waals surface area contributed by atoms with Crippen LogP contribution >= 0.6 is 0 Å². The molecule has 8 nitrogen and oxygen atoms in total. The number of hydrogen-bond acceptors (Lipinski definition) is 7. The molecule has 1 N–H and O–H groups in total. The van der Waals surface area contributed by atoms with Crippen molar-refractivity contribution in [3.8, 4) is 11.5 Å². The Morgan fingerprint density at radius 3 is 2.67 bits per heavy atom. The first-order valence-electron chi connectivity index (χ1n) is 9.32. The van der Waals surface area contributed by atoms with Crippen LogP contribution in [0.25, 0.3) is 22.4 Å². The number of hydrogen-bond donors (Lipinski definition) is 1. The van der Waals surface area contributed by atoms with E-state index in [0.29, 0.717) is 5.56 Å². The van der Waals surface area contributed by atoms with Crippen LogP contribution in [0.4, 0.5) is 6.01 Å². The topological polar surface area (TPSA) is 107 Å². The highest BCUT2D eigenvalue weighted by molar-refractivity contribution is 5.92. The molecule has 0 atom stereocenters. The number of aryl methyl sites for hydroxylation is 2. The van der Waals surface area contributed by atoms with Crippen molar-refractivity contribution in [1.29, 1.82) is 0 Å². The lowest BCUT2D eigenvalue weighted by Crippen LogP contribution is -2.21. The predicted molar refractivity (Wildman–Crippen MR) is 109 cm³/mol. The highest BCUT2D eigenvalue weighted by Gasteiger charge is 2.16. The molecule has 4 rings (SSSR count). The number of carbonyl (C=O) groups is 2. The zero-order chi connectivity index (χ0) is 21.1. The largest absolute Gasteiger partial charge is 0.464 e. The fourth-order valence-electron chi connectivity index (χ4n) is 3.00. The summed E-state index contributed by atoms with van der Waals surface area (Å²) in [6.45, 7) is 3.50. The lowest BCUT2D eigenvalue weighted by Gasteiger charge is -2.04. The molecule has 30 heavy (non-hydrogen) atoms. The van der Waals surface area contributed by atoms with Gasteiger partial charge in [-0.2, -0.15) is 0 Å². The molecule has 0 aliphatic rings. The number of esters is 1. The van der Waals surface area contributed by atoms with Crippen molar-refractivity contribution in [2.24, 2.45) is 0 Å². The Bertz CT molecular complexity index is 1210. The SMILES string of the molecule is Cc1ccc2c(CC(=O)OCC(=O)Nc3nnc(-c4ccccc4)o3)coc2c1C. The van der Waals surface area contributed by atoms with Gasteiger partial charge in [-0.15, -0.1) is 5.10 Å². The third kappa shape index (κ3) is 4.07. The van der Waals surface area contributed by atoms with Crippen molar-refractivity contribution in [2.45, 2.75) is 20.3 Å². The van der Waals surface area contributed by atoms with Gasteiger partial charge in [0, 0.05) is 16.5 Å². The summed E-state index contributed by atoms with van der Waals surface area (Å²) in [5.74, 6) is -0.836. The molecule has 0 bridgehead atoms. The molecule has 152 valence electrons. The molecule has 0 unspecified atom stereocenters. The van der Waals surface area contributed by atoms with Crippen molar-refractivity contribution < 1.29 is 23.2 Å². The minimum Gasteiger partial charge on any atom is -0.464 e. The summed E-state index contributed by atoms with van der Waals surface area (Å²) in [4.78, 5) is 24.2. The summed E-state index contributed by atoms with van der Waals surface area (Å²) >= 11 is 0. The van der Waals surface area contributed by atoms with E-state index in [1.54, 1.807) is 6.26 Å². The molecule has 0 saturated carbocycles. The average molecular weight is 405 g/mol. The van der Waals surface area contributed by atoms with Gasteiger partial charge in [-0.3, -0.25) is 14.9 Å². The zero-order valence-corrected chi connectivity index (χ0v) is 16.5. The number of fused-ring (bicyclic) bond motifs is 1. The first-order chi connectivity index (χ1) is 14.5. The number of carbonyl (C=O) groups excluding carboxylic acids is 2. The second-order valence-corrected chi connectivity index (χ2v) is 6.81. The number of anilines is 1. The second kappa shape index (κ2) is 8.20. The first kappa shape index (κ1) is 19.4. The van der Waals surface area contributed by atoms with Gasteiger partial charge in [0.15, 0.2) is 6.61 Å². The van der Waals surface area contributed by atoms with Crippen LogP contribution in [-0.2, 0) is 20.7 Å². The number of aromatic nitrogens is 2. The summed E-state index contributed by atoms with van der Waals surface area (Å²) in [7, 11) is 0. The van der Waals surface area contributed by atoms with E-state index >= 15 is 0 Å². The van der Waals surface area contributed by atoms with E-state index in [0.717, 1.165) is 27.7 Å². The predicted octanol–water partition coefficient (Wildman–Crippen LogP) is 3.82. The van der Waals surface area contributed by atoms with Crippen LogP contribution in [0.3, 0.4) is 0 Å². The maximum Gasteiger partial charge on any atom is 0.322 e. The van der Waals surface area contributed by atoms with E-state index in [-0.39, 0.29) is 18.3 Å². The van der Waals surface area contributed by atoms with Gasteiger partial charge < -0.3 is 13.6 Å². The van der Waals surface area contributed by atoms with Crippen LogP contribution in [0, 0.1) is 13.8 Å². The van der Waals surface area contributed by atoms with E-state index in [1.807, 2.05) is 56.3 Å². The Kier molecular flexibility index (Phi) is 5.30. The summed E-state index contributed by atoms with van der Waals surface area (Å²) in [5, 5.41) is 10.9. The standard InChI is InChI=1S/C22H19N3O5/c1-13-8-9-17-16(11-29-20(17)14(13)2)10-19(27)28-12-18(26)23-22-25-24-21(30-22)15-6-4-3-5-7-15/h3-9,11H,10,12H2,1-2H3,(H,23,25,26). The Morgan fingerprint density at radius 1 is 1.07 bits per heavy atom. The minimum atomic E-state index is -0.574. The van der Waals surface area contributed by atoms with E-state index < -0.39 is 18.5 Å². The molecule has 1 amide bonds. The molecule has 2 aromatic carbocycles. The minimum absolute atomic E-state index is 0.00148. The number of ether oxygens (including phenoxy) is 1. The van der Waals surface area contributed by atoms with Crippen LogP contribution in [0.1, 0.15) is 16.7 Å². The van der Waals surface area contributed by atoms with Gasteiger partial charge >= 0.3 is 12.0 Å². The molecule has 4 aromatic rings. The normalized spacial score (nSPS) is 10.9. The van der Waals surface area contributed by atoms with Crippen LogP contribution in [0.15, 0.2) is 57.6 Å². The number of nitrogens with zero attached hydrogens (tertiary/aromatic N) is 2. The molecule has 8 heteroatoms. The molecule has 2 heterocycles. The highest BCUT2D eigenvalue weighted by atomic mass is 16.5. The summed E-state index contributed by atoms with van der Waals surface area (Å²) in [6, 6.07) is 13.0. The van der Waals surface area contributed by atoms with Gasteiger partial charge in [0.25, 0.3) is 5.91 Å². The smallest absolute Gasteiger partial charge is 0.322 e. The lowest BCUT2D eigenvalue weighted by atomic mass is 10.0. The zero-order valence-electron chi connectivity index (χ0n) is 16.5. The third-order valence-corrected chi connectivity index (χ3v) is 4.73. The monoisotopic (exact) mass is 405 g/mol. The molecule has 0 spiro atoms. The number of nitrogens with one attached hydrogen (secondary N) is 1. The van der Waals surface area contributed by atoms with Crippen LogP contribution in [0.2, 0.25) is 0 Å². The summed E-state index contributed by atoms with van der Waals surface area (Å²) in [6.07, 6.45) is 1.55. The van der Waals surface area contributed by atoms with Gasteiger partial charge in [0.05, 0.1) is 12.7 Å². The number of furan rings is 1. The van der Waals surface area contributed by atoms with Gasteiger partial charge in [-0.05, 0) is 37.1 Å². The van der Waals surface area contributed by atoms with Crippen LogP contribution in [0.5, 0.6) is 0 Å². The highest BCUT2D eigenvalue weighted by Crippen LogP contribution is 2.27. The maximum atomic E-state index is 12.2. The summed E-state index contributed by atoms with van der Waals surface area (Å²) < 4.78 is 16.0. The summed E-state index contributed by atoms with van der Waals surface area (Å²) in [5.41, 5.74) is 4.33. The van der Waals surface area contributed by atoms with E-state index in [4.69, 9.17) is 13.6 Å². The van der Waals surface area contributed by atoms with Crippen molar-refractivity contribution in [1.82, 2.24) is 10.2 Å². The molecular formula is C22H19N3O5. The molecule has 0 saturated heterocycles. The first-order valence-corrected chi connectivity index (χ1v) is 9.32. The van der Waals surface area contributed by atoms with Gasteiger partial charge in [0.2, 0.25) is 5.89 Å². The Labute approximate surface area is 171 Å². The van der Waals surface area contributed by atoms with E-state index in [1.165, 1.54) is 0 Å². The molecule has 0 aliphatic heterocycles. The Balaban J connectivity index is 1.32. The van der Waals surface area contributed by atoms with Gasteiger partial charge in [0.1, 0.15) is 5.58 Å². The molecule has 2 aromatic heterocycles.